The fraction of sp³-hybridized carbons (Fsp3) is 0.500. The van der Waals surface area contributed by atoms with Crippen LogP contribution in [0.25, 0.3) is 0 Å². The normalized spacial score (nSPS) is 19.8. The van der Waals surface area contributed by atoms with E-state index in [0.717, 1.165) is 38.0 Å². The quantitative estimate of drug-likeness (QED) is 0.902. The molecule has 0 saturated carbocycles. The van der Waals surface area contributed by atoms with Crippen molar-refractivity contribution in [1.82, 2.24) is 4.90 Å². The predicted octanol–water partition coefficient (Wildman–Crippen LogP) is 3.68. The van der Waals surface area contributed by atoms with E-state index in [2.05, 4.69) is 4.90 Å². The molecule has 1 aliphatic rings. The van der Waals surface area contributed by atoms with E-state index in [9.17, 15) is 4.79 Å². The maximum Gasteiger partial charge on any atom is 0.303 e. The Bertz CT molecular complexity index is 445. The largest absolute Gasteiger partial charge is 0.481 e. The third kappa shape index (κ3) is 4.10. The van der Waals surface area contributed by atoms with Gasteiger partial charge in [-0.25, -0.2) is 0 Å². The lowest BCUT2D eigenvalue weighted by Gasteiger charge is -2.17. The van der Waals surface area contributed by atoms with Crippen molar-refractivity contribution >= 4 is 29.2 Å². The number of rotatable bonds is 5. The van der Waals surface area contributed by atoms with Gasteiger partial charge in [-0.15, -0.1) is 0 Å². The summed E-state index contributed by atoms with van der Waals surface area (Å²) in [7, 11) is 0. The smallest absolute Gasteiger partial charge is 0.303 e. The van der Waals surface area contributed by atoms with E-state index < -0.39 is 5.97 Å². The zero-order valence-electron chi connectivity index (χ0n) is 10.6. The molecule has 104 valence electrons. The van der Waals surface area contributed by atoms with Crippen LogP contribution in [0.2, 0.25) is 10.0 Å². The summed E-state index contributed by atoms with van der Waals surface area (Å²) in [4.78, 5) is 12.9. The monoisotopic (exact) mass is 301 g/mol. The summed E-state index contributed by atoms with van der Waals surface area (Å²) in [5.74, 6) is -0.245. The summed E-state index contributed by atoms with van der Waals surface area (Å²) in [6.07, 6.45) is 2.06. The summed E-state index contributed by atoms with van der Waals surface area (Å²) in [5.41, 5.74) is 0.963. The highest BCUT2D eigenvalue weighted by atomic mass is 35.5. The molecule has 0 aliphatic carbocycles. The van der Waals surface area contributed by atoms with Crippen molar-refractivity contribution in [1.29, 1.82) is 0 Å². The number of carbonyl (C=O) groups is 1. The van der Waals surface area contributed by atoms with Gasteiger partial charge in [0, 0.05) is 35.1 Å². The van der Waals surface area contributed by atoms with Crippen LogP contribution < -0.4 is 0 Å². The number of carboxylic acid groups (broad SMARTS) is 1. The van der Waals surface area contributed by atoms with Gasteiger partial charge in [-0.1, -0.05) is 29.3 Å². The van der Waals surface area contributed by atoms with E-state index in [4.69, 9.17) is 28.3 Å². The molecule has 2 rings (SSSR count). The molecule has 5 heteroatoms. The Morgan fingerprint density at radius 1 is 1.37 bits per heavy atom. The lowest BCUT2D eigenvalue weighted by molar-refractivity contribution is -0.137. The van der Waals surface area contributed by atoms with Gasteiger partial charge in [0.15, 0.2) is 0 Å². The first-order valence-electron chi connectivity index (χ1n) is 6.43. The molecule has 1 saturated heterocycles. The topological polar surface area (TPSA) is 40.5 Å². The zero-order valence-corrected chi connectivity index (χ0v) is 12.1. The fourth-order valence-electron chi connectivity index (χ4n) is 2.53. The Balaban J connectivity index is 1.90. The Labute approximate surface area is 123 Å². The number of carboxylic acids is 1. The summed E-state index contributed by atoms with van der Waals surface area (Å²) in [6, 6.07) is 5.54. The van der Waals surface area contributed by atoms with Crippen LogP contribution >= 0.6 is 23.2 Å². The van der Waals surface area contributed by atoms with Crippen molar-refractivity contribution in [3.05, 3.63) is 33.8 Å². The standard InChI is InChI=1S/C14H17Cl2NO2/c15-12-2-1-3-13(16)11(12)9-17-7-6-10(8-17)4-5-14(18)19/h1-3,10H,4-9H2,(H,18,19). The third-order valence-corrected chi connectivity index (χ3v) is 4.29. The van der Waals surface area contributed by atoms with Gasteiger partial charge >= 0.3 is 5.97 Å². The van der Waals surface area contributed by atoms with Gasteiger partial charge in [-0.05, 0) is 37.4 Å². The number of benzene rings is 1. The molecule has 1 N–H and O–H groups in total. The maximum absolute atomic E-state index is 10.6. The number of hydrogen-bond acceptors (Lipinski definition) is 2. The van der Waals surface area contributed by atoms with Crippen molar-refractivity contribution in [2.75, 3.05) is 13.1 Å². The molecule has 1 aromatic carbocycles. The second-order valence-electron chi connectivity index (χ2n) is 5.02. The molecule has 0 bridgehead atoms. The van der Waals surface area contributed by atoms with Crippen molar-refractivity contribution in [2.45, 2.75) is 25.8 Å². The molecule has 3 nitrogen and oxygen atoms in total. The van der Waals surface area contributed by atoms with Crippen molar-refractivity contribution < 1.29 is 9.90 Å². The second-order valence-corrected chi connectivity index (χ2v) is 5.84. The van der Waals surface area contributed by atoms with Crippen LogP contribution in [0.1, 0.15) is 24.8 Å². The molecule has 0 aromatic heterocycles. The van der Waals surface area contributed by atoms with Gasteiger partial charge < -0.3 is 5.11 Å². The van der Waals surface area contributed by atoms with Crippen molar-refractivity contribution in [3.8, 4) is 0 Å². The first-order chi connectivity index (χ1) is 9.06. The molecule has 0 radical (unpaired) electrons. The molecule has 0 amide bonds. The van der Waals surface area contributed by atoms with Gasteiger partial charge in [0.1, 0.15) is 0 Å². The SMILES string of the molecule is O=C(O)CCC1CCN(Cc2c(Cl)cccc2Cl)C1. The van der Waals surface area contributed by atoms with Gasteiger partial charge in [0.25, 0.3) is 0 Å². The lowest BCUT2D eigenvalue weighted by Crippen LogP contribution is -2.20. The van der Waals surface area contributed by atoms with Gasteiger partial charge in [-0.2, -0.15) is 0 Å². The van der Waals surface area contributed by atoms with Crippen LogP contribution in [0.4, 0.5) is 0 Å². The van der Waals surface area contributed by atoms with E-state index >= 15 is 0 Å². The summed E-state index contributed by atoms with van der Waals surface area (Å²) in [6.45, 7) is 2.64. The average Bonchev–Trinajstić information content (AvgIpc) is 2.79. The van der Waals surface area contributed by atoms with E-state index in [0.29, 0.717) is 16.0 Å². The Morgan fingerprint density at radius 3 is 2.68 bits per heavy atom. The minimum atomic E-state index is -0.715. The highest BCUT2D eigenvalue weighted by Crippen LogP contribution is 2.29. The minimum Gasteiger partial charge on any atom is -0.481 e. The van der Waals surface area contributed by atoms with E-state index in [1.807, 2.05) is 18.2 Å². The molecular weight excluding hydrogens is 285 g/mol. The zero-order chi connectivity index (χ0) is 13.8. The predicted molar refractivity (Wildman–Crippen MR) is 76.7 cm³/mol. The third-order valence-electron chi connectivity index (χ3n) is 3.58. The minimum absolute atomic E-state index is 0.255. The van der Waals surface area contributed by atoms with Gasteiger partial charge in [0.05, 0.1) is 0 Å². The Morgan fingerprint density at radius 2 is 2.05 bits per heavy atom. The second kappa shape index (κ2) is 6.60. The number of aliphatic carboxylic acids is 1. The first kappa shape index (κ1) is 14.6. The molecular formula is C14H17Cl2NO2. The number of likely N-dealkylation sites (tertiary alicyclic amines) is 1. The van der Waals surface area contributed by atoms with E-state index in [1.165, 1.54) is 0 Å². The molecule has 1 aliphatic heterocycles. The molecule has 1 unspecified atom stereocenters. The van der Waals surface area contributed by atoms with Gasteiger partial charge in [-0.3, -0.25) is 9.69 Å². The molecule has 1 fully saturated rings. The summed E-state index contributed by atoms with van der Waals surface area (Å²) < 4.78 is 0. The lowest BCUT2D eigenvalue weighted by atomic mass is 10.0. The van der Waals surface area contributed by atoms with Crippen molar-refractivity contribution in [3.63, 3.8) is 0 Å². The van der Waals surface area contributed by atoms with Crippen molar-refractivity contribution in [2.24, 2.45) is 5.92 Å². The molecule has 0 spiro atoms. The number of hydrogen-bond donors (Lipinski definition) is 1. The molecule has 1 aromatic rings. The van der Waals surface area contributed by atoms with Crippen LogP contribution in [0.3, 0.4) is 0 Å². The molecule has 1 atom stereocenters. The van der Waals surface area contributed by atoms with E-state index in [-0.39, 0.29) is 6.42 Å². The van der Waals surface area contributed by atoms with Crippen LogP contribution in [-0.4, -0.2) is 29.1 Å². The first-order valence-corrected chi connectivity index (χ1v) is 7.19. The van der Waals surface area contributed by atoms with Crippen LogP contribution in [0.5, 0.6) is 0 Å². The van der Waals surface area contributed by atoms with Crippen LogP contribution in [0.15, 0.2) is 18.2 Å². The molecule has 19 heavy (non-hydrogen) atoms. The van der Waals surface area contributed by atoms with Gasteiger partial charge in [0.2, 0.25) is 0 Å². The number of halogens is 2. The summed E-state index contributed by atoms with van der Waals surface area (Å²) in [5, 5.41) is 10.1. The highest BCUT2D eigenvalue weighted by molar-refractivity contribution is 6.35. The Kier molecular flexibility index (Phi) is 5.08. The molecule has 1 heterocycles. The van der Waals surface area contributed by atoms with Crippen LogP contribution in [-0.2, 0) is 11.3 Å². The average molecular weight is 302 g/mol. The summed E-state index contributed by atoms with van der Waals surface area (Å²) >= 11 is 12.3. The highest BCUT2D eigenvalue weighted by Gasteiger charge is 2.23. The Hall–Kier alpha value is -0.770. The van der Waals surface area contributed by atoms with Crippen LogP contribution in [0, 0.1) is 5.92 Å². The number of nitrogens with zero attached hydrogens (tertiary/aromatic N) is 1. The maximum atomic E-state index is 10.6. The van der Waals surface area contributed by atoms with E-state index in [1.54, 1.807) is 0 Å². The fourth-order valence-corrected chi connectivity index (χ4v) is 3.04.